The number of hydrogen-bond acceptors (Lipinski definition) is 3. The minimum atomic E-state index is -0.487. The maximum absolute atomic E-state index is 11.9. The molecule has 2 aliphatic rings. The van der Waals surface area contributed by atoms with E-state index in [1.54, 1.807) is 0 Å². The maximum Gasteiger partial charge on any atom is 0.238 e. The van der Waals surface area contributed by atoms with Crippen molar-refractivity contribution in [2.24, 2.45) is 17.6 Å². The van der Waals surface area contributed by atoms with Gasteiger partial charge in [-0.2, -0.15) is 0 Å². The number of primary amides is 1. The molecule has 2 unspecified atom stereocenters. The molecule has 0 aromatic heterocycles. The van der Waals surface area contributed by atoms with Crippen molar-refractivity contribution in [1.29, 1.82) is 0 Å². The molecule has 21 heavy (non-hydrogen) atoms. The fraction of sp³-hybridized carbons (Fsp3) is 0.941. The molecule has 0 aliphatic heterocycles. The molecule has 2 rings (SSSR count). The SMILES string of the molecule is CCNC1(C(N)=O)CCCC1CCOC1CCC(C)CC1. The number of carbonyl (C=O) groups excluding carboxylic acids is 1. The monoisotopic (exact) mass is 296 g/mol. The second kappa shape index (κ2) is 7.59. The highest BCUT2D eigenvalue weighted by atomic mass is 16.5. The zero-order valence-corrected chi connectivity index (χ0v) is 13.7. The molecule has 0 radical (unpaired) electrons. The van der Waals surface area contributed by atoms with E-state index in [0.717, 1.165) is 44.8 Å². The van der Waals surface area contributed by atoms with E-state index < -0.39 is 5.54 Å². The lowest BCUT2D eigenvalue weighted by atomic mass is 9.84. The van der Waals surface area contributed by atoms with Crippen molar-refractivity contribution in [1.82, 2.24) is 5.32 Å². The zero-order chi connectivity index (χ0) is 15.3. The Hall–Kier alpha value is -0.610. The van der Waals surface area contributed by atoms with E-state index in [1.165, 1.54) is 25.7 Å². The van der Waals surface area contributed by atoms with Gasteiger partial charge in [-0.15, -0.1) is 0 Å². The van der Waals surface area contributed by atoms with Gasteiger partial charge in [0, 0.05) is 6.61 Å². The molecule has 2 atom stereocenters. The molecule has 0 aromatic rings. The van der Waals surface area contributed by atoms with Crippen LogP contribution in [0.1, 0.15) is 65.2 Å². The lowest BCUT2D eigenvalue weighted by Crippen LogP contribution is -2.58. The van der Waals surface area contributed by atoms with Gasteiger partial charge in [-0.3, -0.25) is 4.79 Å². The second-order valence-corrected chi connectivity index (χ2v) is 7.00. The molecule has 0 heterocycles. The van der Waals surface area contributed by atoms with Gasteiger partial charge in [0.1, 0.15) is 5.54 Å². The predicted molar refractivity (Wildman–Crippen MR) is 84.9 cm³/mol. The van der Waals surface area contributed by atoms with E-state index in [2.05, 4.69) is 12.2 Å². The molecule has 1 amide bonds. The van der Waals surface area contributed by atoms with Crippen molar-refractivity contribution in [3.8, 4) is 0 Å². The van der Waals surface area contributed by atoms with Crippen LogP contribution in [0.3, 0.4) is 0 Å². The summed E-state index contributed by atoms with van der Waals surface area (Å²) in [6.07, 6.45) is 9.39. The molecule has 0 bridgehead atoms. The predicted octanol–water partition coefficient (Wildman–Crippen LogP) is 2.61. The first kappa shape index (κ1) is 16.8. The molecule has 122 valence electrons. The topological polar surface area (TPSA) is 64.3 Å². The number of nitrogens with two attached hydrogens (primary N) is 1. The van der Waals surface area contributed by atoms with Gasteiger partial charge < -0.3 is 15.8 Å². The molecule has 2 saturated carbocycles. The molecule has 0 spiro atoms. The average molecular weight is 296 g/mol. The van der Waals surface area contributed by atoms with E-state index in [4.69, 9.17) is 10.5 Å². The van der Waals surface area contributed by atoms with Crippen molar-refractivity contribution in [2.75, 3.05) is 13.2 Å². The summed E-state index contributed by atoms with van der Waals surface area (Å²) in [6, 6.07) is 0. The summed E-state index contributed by atoms with van der Waals surface area (Å²) in [5.41, 5.74) is 5.21. The summed E-state index contributed by atoms with van der Waals surface area (Å²) in [6.45, 7) is 5.93. The number of nitrogens with one attached hydrogen (secondary N) is 1. The number of carbonyl (C=O) groups is 1. The number of ether oxygens (including phenoxy) is 1. The van der Waals surface area contributed by atoms with Gasteiger partial charge in [-0.1, -0.05) is 20.3 Å². The first-order chi connectivity index (χ1) is 10.1. The number of amides is 1. The Kier molecular flexibility index (Phi) is 6.06. The third-order valence-electron chi connectivity index (χ3n) is 5.54. The van der Waals surface area contributed by atoms with Crippen molar-refractivity contribution in [2.45, 2.75) is 76.9 Å². The molecule has 4 heteroatoms. The minimum Gasteiger partial charge on any atom is -0.378 e. The van der Waals surface area contributed by atoms with E-state index >= 15 is 0 Å². The molecule has 3 N–H and O–H groups in total. The van der Waals surface area contributed by atoms with Crippen LogP contribution in [0.2, 0.25) is 0 Å². The zero-order valence-electron chi connectivity index (χ0n) is 13.7. The smallest absolute Gasteiger partial charge is 0.238 e. The third-order valence-corrected chi connectivity index (χ3v) is 5.54. The minimum absolute atomic E-state index is 0.182. The standard InChI is InChI=1S/C17H32N2O2/c1-3-19-17(16(18)20)11-4-5-14(17)10-12-21-15-8-6-13(2)7-9-15/h13-15,19H,3-12H2,1-2H3,(H2,18,20). The maximum atomic E-state index is 11.9. The molecule has 0 saturated heterocycles. The van der Waals surface area contributed by atoms with Crippen LogP contribution in [0.4, 0.5) is 0 Å². The Bertz CT molecular complexity index is 340. The number of likely N-dealkylation sites (N-methyl/N-ethyl adjacent to an activating group) is 1. The Morgan fingerprint density at radius 1 is 1.29 bits per heavy atom. The van der Waals surface area contributed by atoms with Crippen LogP contribution in [0.15, 0.2) is 0 Å². The first-order valence-electron chi connectivity index (χ1n) is 8.75. The van der Waals surface area contributed by atoms with E-state index in [-0.39, 0.29) is 5.91 Å². The highest BCUT2D eigenvalue weighted by molar-refractivity contribution is 5.85. The van der Waals surface area contributed by atoms with Gasteiger partial charge in [-0.25, -0.2) is 0 Å². The summed E-state index contributed by atoms with van der Waals surface area (Å²) in [4.78, 5) is 11.9. The lowest BCUT2D eigenvalue weighted by Gasteiger charge is -2.34. The van der Waals surface area contributed by atoms with Crippen LogP contribution in [0.25, 0.3) is 0 Å². The largest absolute Gasteiger partial charge is 0.378 e. The van der Waals surface area contributed by atoms with E-state index in [0.29, 0.717) is 12.0 Å². The molecule has 2 aliphatic carbocycles. The quantitative estimate of drug-likeness (QED) is 0.759. The molecule has 2 fully saturated rings. The summed E-state index contributed by atoms with van der Waals surface area (Å²) in [5, 5.41) is 3.37. The normalized spacial score (nSPS) is 36.8. The summed E-state index contributed by atoms with van der Waals surface area (Å²) in [5.74, 6) is 1.01. The van der Waals surface area contributed by atoms with Crippen LogP contribution >= 0.6 is 0 Å². The molecule has 4 nitrogen and oxygen atoms in total. The summed E-state index contributed by atoms with van der Waals surface area (Å²) < 4.78 is 6.06. The van der Waals surface area contributed by atoms with Crippen LogP contribution in [0, 0.1) is 11.8 Å². The van der Waals surface area contributed by atoms with Gasteiger partial charge in [0.2, 0.25) is 5.91 Å². The van der Waals surface area contributed by atoms with Gasteiger partial charge >= 0.3 is 0 Å². The van der Waals surface area contributed by atoms with Crippen molar-refractivity contribution in [3.63, 3.8) is 0 Å². The number of hydrogen-bond donors (Lipinski definition) is 2. The highest BCUT2D eigenvalue weighted by Crippen LogP contribution is 2.38. The van der Waals surface area contributed by atoms with Gasteiger partial charge in [0.05, 0.1) is 6.10 Å². The Morgan fingerprint density at radius 3 is 2.62 bits per heavy atom. The Morgan fingerprint density at radius 2 is 2.00 bits per heavy atom. The summed E-state index contributed by atoms with van der Waals surface area (Å²) in [7, 11) is 0. The number of rotatable bonds is 7. The van der Waals surface area contributed by atoms with Crippen LogP contribution in [0.5, 0.6) is 0 Å². The van der Waals surface area contributed by atoms with E-state index in [9.17, 15) is 4.79 Å². The third kappa shape index (κ3) is 3.98. The van der Waals surface area contributed by atoms with Crippen LogP contribution in [-0.2, 0) is 9.53 Å². The lowest BCUT2D eigenvalue weighted by molar-refractivity contribution is -0.126. The Balaban J connectivity index is 1.80. The van der Waals surface area contributed by atoms with Gasteiger partial charge in [-0.05, 0) is 63.3 Å². The average Bonchev–Trinajstić information content (AvgIpc) is 2.86. The molecular weight excluding hydrogens is 264 g/mol. The highest BCUT2D eigenvalue weighted by Gasteiger charge is 2.46. The van der Waals surface area contributed by atoms with Crippen molar-refractivity contribution >= 4 is 5.91 Å². The second-order valence-electron chi connectivity index (χ2n) is 7.00. The first-order valence-corrected chi connectivity index (χ1v) is 8.75. The van der Waals surface area contributed by atoms with Crippen LogP contribution < -0.4 is 11.1 Å². The molecule has 0 aromatic carbocycles. The van der Waals surface area contributed by atoms with Gasteiger partial charge in [0.15, 0.2) is 0 Å². The van der Waals surface area contributed by atoms with E-state index in [1.807, 2.05) is 6.92 Å². The fourth-order valence-electron chi connectivity index (χ4n) is 4.20. The van der Waals surface area contributed by atoms with Gasteiger partial charge in [0.25, 0.3) is 0 Å². The Labute approximate surface area is 129 Å². The summed E-state index contributed by atoms with van der Waals surface area (Å²) >= 11 is 0. The van der Waals surface area contributed by atoms with Crippen molar-refractivity contribution in [3.05, 3.63) is 0 Å². The van der Waals surface area contributed by atoms with Crippen molar-refractivity contribution < 1.29 is 9.53 Å². The fourth-order valence-corrected chi connectivity index (χ4v) is 4.20. The van der Waals surface area contributed by atoms with Crippen LogP contribution in [-0.4, -0.2) is 30.7 Å². The molecular formula is C17H32N2O2.